The van der Waals surface area contributed by atoms with Crippen molar-refractivity contribution in [3.8, 4) is 0 Å². The van der Waals surface area contributed by atoms with Gasteiger partial charge < -0.3 is 0 Å². The van der Waals surface area contributed by atoms with Gasteiger partial charge in [0.25, 0.3) is 17.1 Å². The highest BCUT2D eigenvalue weighted by Crippen LogP contribution is 2.31. The quantitative estimate of drug-likeness (QED) is 0.862. The van der Waals surface area contributed by atoms with E-state index in [0.717, 1.165) is 28.3 Å². The van der Waals surface area contributed by atoms with Crippen molar-refractivity contribution in [2.24, 2.45) is 0 Å². The number of nitrogens with zero attached hydrogens (tertiary/aromatic N) is 2. The Hall–Kier alpha value is -2.45. The molecule has 0 unspecified atom stereocenters. The van der Waals surface area contributed by atoms with Crippen molar-refractivity contribution < 1.29 is 14.4 Å². The molecule has 1 aliphatic heterocycles. The lowest BCUT2D eigenvalue weighted by molar-refractivity contribution is -0.123. The summed E-state index contributed by atoms with van der Waals surface area (Å²) < 4.78 is 0. The van der Waals surface area contributed by atoms with Crippen LogP contribution in [0, 0.1) is 0 Å². The van der Waals surface area contributed by atoms with Crippen molar-refractivity contribution in [3.05, 3.63) is 58.5 Å². The number of carbonyl (C=O) groups is 3. The molecule has 0 spiro atoms. The van der Waals surface area contributed by atoms with E-state index in [-0.39, 0.29) is 16.7 Å². The molecule has 0 aliphatic carbocycles. The Bertz CT molecular complexity index is 773. The van der Waals surface area contributed by atoms with E-state index in [9.17, 15) is 14.4 Å². The number of thioether (sulfide) groups is 1. The van der Waals surface area contributed by atoms with Gasteiger partial charge in [-0.15, -0.1) is 11.3 Å². The summed E-state index contributed by atoms with van der Waals surface area (Å²) in [6.07, 6.45) is 2.70. The molecule has 3 rings (SSSR count). The Morgan fingerprint density at radius 1 is 1.26 bits per heavy atom. The molecule has 8 heteroatoms. The van der Waals surface area contributed by atoms with Crippen LogP contribution in [0.4, 0.5) is 9.93 Å². The number of imide groups is 1. The summed E-state index contributed by atoms with van der Waals surface area (Å²) in [5.41, 5.74) is 0.850. The molecule has 116 valence electrons. The summed E-state index contributed by atoms with van der Waals surface area (Å²) in [5, 5.41) is 4.33. The van der Waals surface area contributed by atoms with E-state index >= 15 is 0 Å². The molecule has 0 saturated carbocycles. The molecular formula is C15H11N3O3S2. The number of benzene rings is 1. The standard InChI is InChI=1S/C15H11N3O3S2/c19-12(17-14-16-6-7-22-14)8-11-13(20)18(15(21)23-11)9-10-4-2-1-3-5-10/h1-8H,9H2,(H,16,17,19). The fourth-order valence-corrected chi connectivity index (χ4v) is 3.29. The number of anilines is 1. The maximum atomic E-state index is 12.3. The number of amides is 3. The van der Waals surface area contributed by atoms with Gasteiger partial charge in [0.15, 0.2) is 5.13 Å². The molecule has 0 bridgehead atoms. The first-order valence-corrected chi connectivity index (χ1v) is 8.33. The van der Waals surface area contributed by atoms with Crippen molar-refractivity contribution in [2.75, 3.05) is 5.32 Å². The zero-order valence-corrected chi connectivity index (χ0v) is 13.4. The monoisotopic (exact) mass is 345 g/mol. The molecule has 2 aromatic rings. The van der Waals surface area contributed by atoms with Gasteiger partial charge in [-0.1, -0.05) is 30.3 Å². The van der Waals surface area contributed by atoms with Crippen LogP contribution in [0.25, 0.3) is 0 Å². The molecule has 1 fully saturated rings. The molecule has 0 radical (unpaired) electrons. The number of nitrogens with one attached hydrogen (secondary N) is 1. The number of carbonyl (C=O) groups excluding carboxylic acids is 3. The summed E-state index contributed by atoms with van der Waals surface area (Å²) >= 11 is 2.03. The van der Waals surface area contributed by atoms with Crippen LogP contribution in [-0.2, 0) is 16.1 Å². The number of thiazole rings is 1. The van der Waals surface area contributed by atoms with Gasteiger partial charge >= 0.3 is 0 Å². The minimum atomic E-state index is -0.481. The van der Waals surface area contributed by atoms with Crippen LogP contribution in [0.5, 0.6) is 0 Å². The second-order valence-electron chi connectivity index (χ2n) is 4.58. The molecular weight excluding hydrogens is 334 g/mol. The predicted molar refractivity (Wildman–Crippen MR) is 88.8 cm³/mol. The summed E-state index contributed by atoms with van der Waals surface area (Å²) in [7, 11) is 0. The predicted octanol–water partition coefficient (Wildman–Crippen LogP) is 2.86. The maximum absolute atomic E-state index is 12.3. The minimum Gasteiger partial charge on any atom is -0.298 e. The van der Waals surface area contributed by atoms with E-state index in [4.69, 9.17) is 0 Å². The fourth-order valence-electron chi connectivity index (χ4n) is 1.95. The Balaban J connectivity index is 1.70. The second-order valence-corrected chi connectivity index (χ2v) is 6.47. The van der Waals surface area contributed by atoms with Crippen LogP contribution in [0.2, 0.25) is 0 Å². The molecule has 1 aromatic heterocycles. The molecule has 1 N–H and O–H groups in total. The van der Waals surface area contributed by atoms with Crippen LogP contribution in [0.1, 0.15) is 5.56 Å². The molecule has 3 amide bonds. The molecule has 0 atom stereocenters. The van der Waals surface area contributed by atoms with E-state index in [2.05, 4.69) is 10.3 Å². The van der Waals surface area contributed by atoms with Gasteiger partial charge in [-0.3, -0.25) is 24.6 Å². The topological polar surface area (TPSA) is 79.4 Å². The summed E-state index contributed by atoms with van der Waals surface area (Å²) in [5.74, 6) is -0.941. The van der Waals surface area contributed by atoms with Crippen molar-refractivity contribution in [2.45, 2.75) is 6.54 Å². The molecule has 1 saturated heterocycles. The third-order valence-corrected chi connectivity index (χ3v) is 4.58. The first kappa shape index (κ1) is 15.4. The summed E-state index contributed by atoms with van der Waals surface area (Å²) in [6, 6.07) is 9.21. The van der Waals surface area contributed by atoms with Crippen molar-refractivity contribution in [1.29, 1.82) is 0 Å². The zero-order valence-electron chi connectivity index (χ0n) is 11.8. The Kier molecular flexibility index (Phi) is 4.54. The first-order valence-electron chi connectivity index (χ1n) is 6.63. The van der Waals surface area contributed by atoms with E-state index in [0.29, 0.717) is 5.13 Å². The molecule has 1 aliphatic rings. The zero-order chi connectivity index (χ0) is 16.2. The first-order chi connectivity index (χ1) is 11.1. The Morgan fingerprint density at radius 2 is 2.04 bits per heavy atom. The van der Waals surface area contributed by atoms with E-state index in [1.807, 2.05) is 30.3 Å². The Morgan fingerprint density at radius 3 is 2.74 bits per heavy atom. The van der Waals surface area contributed by atoms with Gasteiger partial charge in [-0.2, -0.15) is 0 Å². The molecule has 23 heavy (non-hydrogen) atoms. The highest BCUT2D eigenvalue weighted by molar-refractivity contribution is 8.18. The fraction of sp³-hybridized carbons (Fsp3) is 0.0667. The van der Waals surface area contributed by atoms with Gasteiger partial charge in [-0.05, 0) is 17.3 Å². The van der Waals surface area contributed by atoms with E-state index in [1.165, 1.54) is 11.3 Å². The van der Waals surface area contributed by atoms with Crippen LogP contribution in [0.15, 0.2) is 52.9 Å². The molecule has 2 heterocycles. The van der Waals surface area contributed by atoms with Crippen LogP contribution in [-0.4, -0.2) is 26.9 Å². The number of rotatable bonds is 4. The smallest absolute Gasteiger partial charge is 0.293 e. The summed E-state index contributed by atoms with van der Waals surface area (Å²) in [6.45, 7) is 0.191. The maximum Gasteiger partial charge on any atom is 0.293 e. The van der Waals surface area contributed by atoms with Gasteiger partial charge in [0.2, 0.25) is 0 Å². The number of aromatic nitrogens is 1. The lowest BCUT2D eigenvalue weighted by Gasteiger charge is -2.11. The third kappa shape index (κ3) is 3.66. The number of hydrogen-bond acceptors (Lipinski definition) is 6. The second kappa shape index (κ2) is 6.76. The van der Waals surface area contributed by atoms with Crippen LogP contribution >= 0.6 is 23.1 Å². The van der Waals surface area contributed by atoms with Gasteiger partial charge in [-0.25, -0.2) is 4.98 Å². The van der Waals surface area contributed by atoms with Crippen molar-refractivity contribution in [1.82, 2.24) is 9.88 Å². The van der Waals surface area contributed by atoms with Crippen molar-refractivity contribution in [3.63, 3.8) is 0 Å². The van der Waals surface area contributed by atoms with Gasteiger partial charge in [0, 0.05) is 17.7 Å². The highest BCUT2D eigenvalue weighted by Gasteiger charge is 2.35. The molecule has 6 nitrogen and oxygen atoms in total. The van der Waals surface area contributed by atoms with E-state index < -0.39 is 11.8 Å². The average molecular weight is 345 g/mol. The largest absolute Gasteiger partial charge is 0.298 e. The molecule has 1 aromatic carbocycles. The van der Waals surface area contributed by atoms with Gasteiger partial charge in [0.05, 0.1) is 11.4 Å². The van der Waals surface area contributed by atoms with Crippen molar-refractivity contribution >= 4 is 45.3 Å². The average Bonchev–Trinajstić information content (AvgIpc) is 3.12. The van der Waals surface area contributed by atoms with Crippen LogP contribution in [0.3, 0.4) is 0 Å². The minimum absolute atomic E-state index is 0.111. The lowest BCUT2D eigenvalue weighted by Crippen LogP contribution is -2.27. The normalized spacial score (nSPS) is 16.2. The van der Waals surface area contributed by atoms with E-state index in [1.54, 1.807) is 11.6 Å². The highest BCUT2D eigenvalue weighted by atomic mass is 32.2. The SMILES string of the molecule is O=C(C=C1SC(=O)N(Cc2ccccc2)C1=O)Nc1nccs1. The lowest BCUT2D eigenvalue weighted by atomic mass is 10.2. The number of hydrogen-bond donors (Lipinski definition) is 1. The summed E-state index contributed by atoms with van der Waals surface area (Å²) in [4.78, 5) is 41.3. The van der Waals surface area contributed by atoms with Crippen LogP contribution < -0.4 is 5.32 Å². The van der Waals surface area contributed by atoms with Gasteiger partial charge in [0.1, 0.15) is 0 Å². The Labute approximate surface area is 140 Å². The third-order valence-electron chi connectivity index (χ3n) is 2.98.